The Balaban J connectivity index is 2.22. The molecule has 1 aromatic rings. The molecule has 0 amide bonds. The van der Waals surface area contributed by atoms with Crippen molar-refractivity contribution in [2.24, 2.45) is 9.98 Å². The van der Waals surface area contributed by atoms with Crippen LogP contribution >= 0.6 is 39.1 Å². The van der Waals surface area contributed by atoms with Crippen LogP contribution in [0.3, 0.4) is 0 Å². The van der Waals surface area contributed by atoms with Crippen LogP contribution < -0.4 is 0 Å². The highest BCUT2D eigenvalue weighted by Crippen LogP contribution is 2.31. The first-order valence-electron chi connectivity index (χ1n) is 4.34. The van der Waals surface area contributed by atoms with E-state index in [9.17, 15) is 0 Å². The van der Waals surface area contributed by atoms with Crippen LogP contribution in [0.15, 0.2) is 26.6 Å². The number of hydrogen-bond donors (Lipinski definition) is 0. The molecule has 0 unspecified atom stereocenters. The summed E-state index contributed by atoms with van der Waals surface area (Å²) in [6.45, 7) is 0.672. The van der Waals surface area contributed by atoms with Crippen LogP contribution in [0.5, 0.6) is 0 Å². The average Bonchev–Trinajstić information content (AvgIpc) is 2.66. The number of aliphatic imine (C=N–C) groups is 2. The molecule has 1 aliphatic rings. The van der Waals surface area contributed by atoms with E-state index in [-0.39, 0.29) is 0 Å². The molecule has 0 N–H and O–H groups in total. The second-order valence-electron chi connectivity index (χ2n) is 3.20. The highest BCUT2D eigenvalue weighted by Gasteiger charge is 2.09. The molecule has 1 aliphatic heterocycles. The van der Waals surface area contributed by atoms with Crippen LogP contribution in [0.2, 0.25) is 10.0 Å². The quantitative estimate of drug-likeness (QED) is 0.743. The van der Waals surface area contributed by atoms with Crippen LogP contribution in [0.1, 0.15) is 5.56 Å². The van der Waals surface area contributed by atoms with E-state index >= 15 is 0 Å². The van der Waals surface area contributed by atoms with Crippen molar-refractivity contribution in [1.29, 1.82) is 0 Å². The Morgan fingerprint density at radius 3 is 2.47 bits per heavy atom. The predicted molar refractivity (Wildman–Crippen MR) is 68.7 cm³/mol. The van der Waals surface area contributed by atoms with Gasteiger partial charge in [-0.25, -0.2) is 4.99 Å². The molecule has 5 heteroatoms. The Hall–Kier alpha value is -0.380. The Kier molecular flexibility index (Phi) is 3.44. The molecule has 0 saturated heterocycles. The number of rotatable bonds is 2. The minimum absolute atomic E-state index is 0.622. The summed E-state index contributed by atoms with van der Waals surface area (Å²) in [7, 11) is 0. The van der Waals surface area contributed by atoms with Gasteiger partial charge in [0.05, 0.1) is 21.1 Å². The van der Waals surface area contributed by atoms with E-state index in [1.54, 1.807) is 6.34 Å². The van der Waals surface area contributed by atoms with Crippen LogP contribution in [0, 0.1) is 0 Å². The third-order valence-electron chi connectivity index (χ3n) is 2.05. The number of benzene rings is 1. The monoisotopic (exact) mass is 304 g/mol. The van der Waals surface area contributed by atoms with E-state index in [0.717, 1.165) is 22.2 Å². The van der Waals surface area contributed by atoms with Crippen molar-refractivity contribution in [1.82, 2.24) is 0 Å². The van der Waals surface area contributed by atoms with E-state index in [1.165, 1.54) is 0 Å². The largest absolute Gasteiger partial charge is 0.267 e. The van der Waals surface area contributed by atoms with Crippen molar-refractivity contribution in [3.8, 4) is 0 Å². The molecule has 2 rings (SSSR count). The van der Waals surface area contributed by atoms with Crippen molar-refractivity contribution in [2.45, 2.75) is 6.42 Å². The van der Waals surface area contributed by atoms with E-state index in [0.29, 0.717) is 16.6 Å². The van der Waals surface area contributed by atoms with Crippen LogP contribution in [-0.4, -0.2) is 18.6 Å². The number of hydrogen-bond acceptors (Lipinski definition) is 2. The summed E-state index contributed by atoms with van der Waals surface area (Å²) in [4.78, 5) is 8.16. The van der Waals surface area contributed by atoms with Gasteiger partial charge in [-0.3, -0.25) is 4.99 Å². The summed E-state index contributed by atoms with van der Waals surface area (Å²) >= 11 is 15.3. The molecule has 0 fully saturated rings. The maximum atomic E-state index is 6.00. The van der Waals surface area contributed by atoms with Gasteiger partial charge < -0.3 is 0 Å². The molecule has 78 valence electrons. The standard InChI is InChI=1S/C10H7BrCl2N2/c11-10-8(12)2-6(3-9(10)13)1-7-4-14-5-15-7/h2-3,5H,1,4H2. The van der Waals surface area contributed by atoms with E-state index in [1.807, 2.05) is 12.1 Å². The Morgan fingerprint density at radius 1 is 1.27 bits per heavy atom. The fraction of sp³-hybridized carbons (Fsp3) is 0.200. The zero-order valence-corrected chi connectivity index (χ0v) is 10.8. The maximum Gasteiger partial charge on any atom is 0.110 e. The smallest absolute Gasteiger partial charge is 0.110 e. The van der Waals surface area contributed by atoms with Gasteiger partial charge in [-0.1, -0.05) is 23.2 Å². The maximum absolute atomic E-state index is 6.00. The first-order chi connectivity index (χ1) is 7.16. The highest BCUT2D eigenvalue weighted by molar-refractivity contribution is 9.10. The van der Waals surface area contributed by atoms with E-state index in [4.69, 9.17) is 23.2 Å². The summed E-state index contributed by atoms with van der Waals surface area (Å²) in [6.07, 6.45) is 2.32. The lowest BCUT2D eigenvalue weighted by Crippen LogP contribution is -2.03. The minimum atomic E-state index is 0.622. The Bertz CT molecular complexity index is 432. The van der Waals surface area contributed by atoms with Gasteiger partial charge in [-0.05, 0) is 33.6 Å². The van der Waals surface area contributed by atoms with Gasteiger partial charge in [-0.15, -0.1) is 0 Å². The molecule has 0 atom stereocenters. The summed E-state index contributed by atoms with van der Waals surface area (Å²) in [5.41, 5.74) is 2.09. The van der Waals surface area contributed by atoms with Crippen molar-refractivity contribution >= 4 is 51.2 Å². The van der Waals surface area contributed by atoms with Gasteiger partial charge in [0.2, 0.25) is 0 Å². The van der Waals surface area contributed by atoms with Crippen molar-refractivity contribution in [3.05, 3.63) is 32.2 Å². The zero-order valence-electron chi connectivity index (χ0n) is 7.67. The van der Waals surface area contributed by atoms with Crippen LogP contribution in [-0.2, 0) is 6.42 Å². The third-order valence-corrected chi connectivity index (χ3v) is 3.95. The molecule has 0 bridgehead atoms. The second-order valence-corrected chi connectivity index (χ2v) is 4.81. The van der Waals surface area contributed by atoms with E-state index in [2.05, 4.69) is 25.9 Å². The SMILES string of the molecule is Clc1cc(CC2=NC=NC2)cc(Cl)c1Br. The van der Waals surface area contributed by atoms with Crippen LogP contribution in [0.25, 0.3) is 0 Å². The van der Waals surface area contributed by atoms with Crippen molar-refractivity contribution in [3.63, 3.8) is 0 Å². The molecular weight excluding hydrogens is 299 g/mol. The molecule has 0 aliphatic carbocycles. The fourth-order valence-electron chi connectivity index (χ4n) is 1.36. The third kappa shape index (κ3) is 2.60. The first-order valence-corrected chi connectivity index (χ1v) is 5.89. The lowest BCUT2D eigenvalue weighted by atomic mass is 10.1. The minimum Gasteiger partial charge on any atom is -0.267 e. The van der Waals surface area contributed by atoms with Crippen molar-refractivity contribution < 1.29 is 0 Å². The van der Waals surface area contributed by atoms with Crippen LogP contribution in [0.4, 0.5) is 0 Å². The Labute approximate surface area is 106 Å². The fourth-order valence-corrected chi connectivity index (χ4v) is 2.12. The Morgan fingerprint density at radius 2 is 1.93 bits per heavy atom. The summed E-state index contributed by atoms with van der Waals surface area (Å²) in [5, 5.41) is 1.24. The van der Waals surface area contributed by atoms with Crippen molar-refractivity contribution in [2.75, 3.05) is 6.54 Å². The molecule has 15 heavy (non-hydrogen) atoms. The molecule has 1 aromatic carbocycles. The van der Waals surface area contributed by atoms with Gasteiger partial charge in [0, 0.05) is 12.1 Å². The van der Waals surface area contributed by atoms with Gasteiger partial charge in [-0.2, -0.15) is 0 Å². The molecule has 0 radical (unpaired) electrons. The van der Waals surface area contributed by atoms with Gasteiger partial charge in [0.25, 0.3) is 0 Å². The first kappa shape index (κ1) is 11.1. The molecular formula is C10H7BrCl2N2. The normalized spacial score (nSPS) is 14.5. The highest BCUT2D eigenvalue weighted by atomic mass is 79.9. The zero-order chi connectivity index (χ0) is 10.8. The lowest BCUT2D eigenvalue weighted by Gasteiger charge is -2.05. The van der Waals surface area contributed by atoms with Gasteiger partial charge in [0.15, 0.2) is 0 Å². The molecule has 0 saturated carbocycles. The second kappa shape index (κ2) is 4.64. The lowest BCUT2D eigenvalue weighted by molar-refractivity contribution is 1.24. The number of nitrogens with zero attached hydrogens (tertiary/aromatic N) is 2. The molecule has 1 heterocycles. The summed E-state index contributed by atoms with van der Waals surface area (Å²) in [5.74, 6) is 0. The average molecular weight is 306 g/mol. The van der Waals surface area contributed by atoms with Gasteiger partial charge >= 0.3 is 0 Å². The topological polar surface area (TPSA) is 24.7 Å². The molecule has 0 spiro atoms. The molecule has 0 aromatic heterocycles. The summed E-state index contributed by atoms with van der Waals surface area (Å²) < 4.78 is 0.735. The van der Waals surface area contributed by atoms with Gasteiger partial charge in [0.1, 0.15) is 6.34 Å². The number of halogens is 3. The summed E-state index contributed by atoms with van der Waals surface area (Å²) in [6, 6.07) is 3.77. The predicted octanol–water partition coefficient (Wildman–Crippen LogP) is 3.78. The molecule has 2 nitrogen and oxygen atoms in total. The van der Waals surface area contributed by atoms with E-state index < -0.39 is 0 Å².